The predicted octanol–water partition coefficient (Wildman–Crippen LogP) is 1.27. The molecule has 2 atom stereocenters. The number of ether oxygens (including phenoxy) is 1. The summed E-state index contributed by atoms with van der Waals surface area (Å²) < 4.78 is 4.78. The highest BCUT2D eigenvalue weighted by molar-refractivity contribution is 5.82. The molecule has 1 aliphatic rings. The van der Waals surface area contributed by atoms with Gasteiger partial charge in [0.05, 0.1) is 6.61 Å². The van der Waals surface area contributed by atoms with Crippen molar-refractivity contribution in [3.8, 4) is 0 Å². The molecule has 16 heavy (non-hydrogen) atoms. The van der Waals surface area contributed by atoms with Gasteiger partial charge in [0.15, 0.2) is 0 Å². The van der Waals surface area contributed by atoms with Crippen LogP contribution >= 0.6 is 0 Å². The predicted molar refractivity (Wildman–Crippen MR) is 60.7 cm³/mol. The van der Waals surface area contributed by atoms with Crippen LogP contribution < -0.4 is 5.32 Å². The Bertz CT molecular complexity index is 286. The van der Waals surface area contributed by atoms with Gasteiger partial charge in [-0.3, -0.25) is 4.79 Å². The minimum absolute atomic E-state index is 0.0989. The molecule has 0 aromatic carbocycles. The molecule has 0 aromatic heterocycles. The van der Waals surface area contributed by atoms with Crippen LogP contribution in [0.25, 0.3) is 0 Å². The lowest BCUT2D eigenvalue weighted by molar-refractivity contribution is -0.137. The molecule has 0 unspecified atom stereocenters. The number of nitrogens with one attached hydrogen (secondary N) is 1. The first-order valence-electron chi connectivity index (χ1n) is 5.76. The van der Waals surface area contributed by atoms with Gasteiger partial charge in [0.2, 0.25) is 5.91 Å². The van der Waals surface area contributed by atoms with Crippen molar-refractivity contribution in [2.75, 3.05) is 13.2 Å². The zero-order valence-electron chi connectivity index (χ0n) is 9.86. The summed E-state index contributed by atoms with van der Waals surface area (Å²) >= 11 is 0. The lowest BCUT2D eigenvalue weighted by atomic mass is 9.94. The fourth-order valence-corrected chi connectivity index (χ4v) is 1.83. The van der Waals surface area contributed by atoms with E-state index in [4.69, 9.17) is 4.74 Å². The van der Waals surface area contributed by atoms with E-state index in [2.05, 4.69) is 5.32 Å². The minimum atomic E-state index is -0.315. The van der Waals surface area contributed by atoms with Crippen LogP contribution in [-0.2, 0) is 14.3 Å². The van der Waals surface area contributed by atoms with E-state index in [0.29, 0.717) is 6.61 Å². The lowest BCUT2D eigenvalue weighted by Crippen LogP contribution is -2.20. The van der Waals surface area contributed by atoms with Gasteiger partial charge in [-0.1, -0.05) is 13.0 Å². The molecular formula is C12H19NO3. The second-order valence-electron chi connectivity index (χ2n) is 4.10. The molecule has 0 aromatic rings. The van der Waals surface area contributed by atoms with Crippen LogP contribution in [0.1, 0.15) is 26.7 Å². The number of carbonyl (C=O) groups is 2. The Morgan fingerprint density at radius 3 is 3.00 bits per heavy atom. The summed E-state index contributed by atoms with van der Waals surface area (Å²) in [4.78, 5) is 22.4. The zero-order chi connectivity index (χ0) is 12.0. The van der Waals surface area contributed by atoms with E-state index in [1.807, 2.05) is 13.0 Å². The number of rotatable bonds is 5. The van der Waals surface area contributed by atoms with E-state index in [1.54, 1.807) is 6.92 Å². The van der Waals surface area contributed by atoms with Gasteiger partial charge in [-0.25, -0.2) is 4.79 Å². The normalized spacial score (nSPS) is 22.1. The molecule has 0 spiro atoms. The maximum Gasteiger partial charge on any atom is 0.330 e. The summed E-state index contributed by atoms with van der Waals surface area (Å²) in [5.41, 5.74) is 0. The molecule has 1 amide bonds. The van der Waals surface area contributed by atoms with Crippen molar-refractivity contribution < 1.29 is 14.3 Å². The quantitative estimate of drug-likeness (QED) is 0.566. The highest BCUT2D eigenvalue weighted by Gasteiger charge is 2.24. The lowest BCUT2D eigenvalue weighted by Gasteiger charge is -2.10. The maximum atomic E-state index is 11.3. The monoisotopic (exact) mass is 225 g/mol. The molecule has 1 heterocycles. The topological polar surface area (TPSA) is 55.4 Å². The van der Waals surface area contributed by atoms with Crippen LogP contribution in [0.2, 0.25) is 0 Å². The summed E-state index contributed by atoms with van der Waals surface area (Å²) in [7, 11) is 0. The van der Waals surface area contributed by atoms with Crippen LogP contribution in [0.4, 0.5) is 0 Å². The van der Waals surface area contributed by atoms with Crippen molar-refractivity contribution in [1.29, 1.82) is 0 Å². The van der Waals surface area contributed by atoms with Gasteiger partial charge >= 0.3 is 5.97 Å². The van der Waals surface area contributed by atoms with Crippen molar-refractivity contribution in [1.82, 2.24) is 5.32 Å². The maximum absolute atomic E-state index is 11.3. The van der Waals surface area contributed by atoms with Crippen LogP contribution in [0, 0.1) is 11.8 Å². The van der Waals surface area contributed by atoms with Gasteiger partial charge in [-0.2, -0.15) is 0 Å². The molecule has 0 radical (unpaired) electrons. The van der Waals surface area contributed by atoms with Gasteiger partial charge < -0.3 is 10.1 Å². The van der Waals surface area contributed by atoms with E-state index in [9.17, 15) is 9.59 Å². The first kappa shape index (κ1) is 12.7. The van der Waals surface area contributed by atoms with E-state index < -0.39 is 0 Å². The molecule has 1 rings (SSSR count). The van der Waals surface area contributed by atoms with E-state index >= 15 is 0 Å². The average Bonchev–Trinajstić information content (AvgIpc) is 2.62. The largest absolute Gasteiger partial charge is 0.463 e. The molecule has 4 nitrogen and oxygen atoms in total. The summed E-state index contributed by atoms with van der Waals surface area (Å²) in [5, 5.41) is 2.81. The molecule has 1 fully saturated rings. The Morgan fingerprint density at radius 1 is 1.69 bits per heavy atom. The first-order valence-corrected chi connectivity index (χ1v) is 5.76. The van der Waals surface area contributed by atoms with Gasteiger partial charge in [0.1, 0.15) is 0 Å². The standard InChI is InChI=1S/C12H19NO3/c1-3-16-11(14)5-4-9(2)8-10-6-7-13-12(10)15/h4-5,9-10H,3,6-8H2,1-2H3,(H,13,15)/b5-4+/t9-,10+/m1/s1. The summed E-state index contributed by atoms with van der Waals surface area (Å²) in [6.45, 7) is 4.94. The molecule has 4 heteroatoms. The second kappa shape index (κ2) is 6.30. The zero-order valence-corrected chi connectivity index (χ0v) is 9.86. The highest BCUT2D eigenvalue weighted by atomic mass is 16.5. The van der Waals surface area contributed by atoms with E-state index in [1.165, 1.54) is 6.08 Å². The molecule has 0 aliphatic carbocycles. The number of carbonyl (C=O) groups excluding carboxylic acids is 2. The summed E-state index contributed by atoms with van der Waals surface area (Å²) in [6.07, 6.45) is 4.95. The number of hydrogen-bond acceptors (Lipinski definition) is 3. The molecule has 1 saturated heterocycles. The van der Waals surface area contributed by atoms with Crippen molar-refractivity contribution in [2.24, 2.45) is 11.8 Å². The molecule has 0 saturated carbocycles. The first-order chi connectivity index (χ1) is 7.63. The second-order valence-corrected chi connectivity index (χ2v) is 4.10. The third kappa shape index (κ3) is 4.04. The highest BCUT2D eigenvalue weighted by Crippen LogP contribution is 2.20. The minimum Gasteiger partial charge on any atom is -0.463 e. The Hall–Kier alpha value is -1.32. The van der Waals surface area contributed by atoms with Gasteiger partial charge in [-0.05, 0) is 25.7 Å². The van der Waals surface area contributed by atoms with Crippen molar-refractivity contribution in [3.63, 3.8) is 0 Å². The van der Waals surface area contributed by atoms with E-state index in [-0.39, 0.29) is 23.7 Å². The fourth-order valence-electron chi connectivity index (χ4n) is 1.83. The smallest absolute Gasteiger partial charge is 0.330 e. The molecule has 1 N–H and O–H groups in total. The van der Waals surface area contributed by atoms with Crippen LogP contribution in [0.15, 0.2) is 12.2 Å². The van der Waals surface area contributed by atoms with Crippen LogP contribution in [0.5, 0.6) is 0 Å². The van der Waals surface area contributed by atoms with Gasteiger partial charge in [-0.15, -0.1) is 0 Å². The van der Waals surface area contributed by atoms with Crippen LogP contribution in [0.3, 0.4) is 0 Å². The Labute approximate surface area is 96.0 Å². The van der Waals surface area contributed by atoms with Crippen molar-refractivity contribution >= 4 is 11.9 Å². The Kier molecular flexibility index (Phi) is 5.02. The SMILES string of the molecule is CCOC(=O)/C=C/[C@@H](C)C[C@@H]1CCNC1=O. The average molecular weight is 225 g/mol. The number of amides is 1. The van der Waals surface area contributed by atoms with Crippen LogP contribution in [-0.4, -0.2) is 25.0 Å². The van der Waals surface area contributed by atoms with E-state index in [0.717, 1.165) is 19.4 Å². The summed E-state index contributed by atoms with van der Waals surface area (Å²) in [6, 6.07) is 0. The Balaban J connectivity index is 2.32. The van der Waals surface area contributed by atoms with Gasteiger partial charge in [0, 0.05) is 18.5 Å². The molecule has 1 aliphatic heterocycles. The number of allylic oxidation sites excluding steroid dienone is 1. The molecular weight excluding hydrogens is 206 g/mol. The number of esters is 1. The third-order valence-corrected chi connectivity index (χ3v) is 2.67. The molecule has 90 valence electrons. The van der Waals surface area contributed by atoms with Crippen molar-refractivity contribution in [3.05, 3.63) is 12.2 Å². The Morgan fingerprint density at radius 2 is 2.44 bits per heavy atom. The third-order valence-electron chi connectivity index (χ3n) is 2.67. The summed E-state index contributed by atoms with van der Waals surface area (Å²) in [5.74, 6) is 0.140. The van der Waals surface area contributed by atoms with Gasteiger partial charge in [0.25, 0.3) is 0 Å². The van der Waals surface area contributed by atoms with Crippen molar-refractivity contribution in [2.45, 2.75) is 26.7 Å². The molecule has 0 bridgehead atoms. The fraction of sp³-hybridized carbons (Fsp3) is 0.667. The number of hydrogen-bond donors (Lipinski definition) is 1.